The minimum atomic E-state index is -1.05. The second-order valence-corrected chi connectivity index (χ2v) is 5.11. The highest BCUT2D eigenvalue weighted by atomic mass is 35.5. The maximum Gasteiger partial charge on any atom is 0.358 e. The molecule has 1 aromatic rings. The molecule has 0 aliphatic carbocycles. The zero-order valence-corrected chi connectivity index (χ0v) is 14.2. The largest absolute Gasteiger partial charge is 0.358 e. The molecule has 0 radical (unpaired) electrons. The van der Waals surface area contributed by atoms with E-state index in [9.17, 15) is 9.59 Å². The zero-order valence-electron chi connectivity index (χ0n) is 11.1. The van der Waals surface area contributed by atoms with Crippen LogP contribution in [0.2, 0.25) is 10.0 Å². The second-order valence-electron chi connectivity index (χ2n) is 4.05. The molecule has 1 aromatic carbocycles. The van der Waals surface area contributed by atoms with Gasteiger partial charge in [0.2, 0.25) is 0 Å². The van der Waals surface area contributed by atoms with E-state index in [4.69, 9.17) is 46.9 Å². The minimum absolute atomic E-state index is 0.0848. The van der Waals surface area contributed by atoms with Gasteiger partial charge in [-0.05, 0) is 24.0 Å². The van der Waals surface area contributed by atoms with Crippen molar-refractivity contribution in [1.29, 1.82) is 0 Å². The molecule has 8 heteroatoms. The summed E-state index contributed by atoms with van der Waals surface area (Å²) in [5.74, 6) is -2.04. The summed E-state index contributed by atoms with van der Waals surface area (Å²) in [6, 6.07) is 0. The van der Waals surface area contributed by atoms with Crippen LogP contribution in [0.25, 0.3) is 0 Å². The number of carbonyl (C=O) groups excluding carboxylic acids is 2. The summed E-state index contributed by atoms with van der Waals surface area (Å²) in [6.07, 6.45) is 3.61. The lowest BCUT2D eigenvalue weighted by Gasteiger charge is -2.17. The van der Waals surface area contributed by atoms with Gasteiger partial charge in [0.1, 0.15) is 23.7 Å². The van der Waals surface area contributed by atoms with Crippen LogP contribution in [0.4, 0.5) is 0 Å². The summed E-state index contributed by atoms with van der Waals surface area (Å²) in [5, 5.41) is -0.101. The van der Waals surface area contributed by atoms with Crippen LogP contribution < -0.4 is 0 Å². The molecule has 0 atom stereocenters. The first kappa shape index (κ1) is 18.8. The van der Waals surface area contributed by atoms with Crippen LogP contribution in [0.1, 0.15) is 31.8 Å². The number of hydrogen-bond acceptors (Lipinski definition) is 4. The molecule has 0 saturated carbocycles. The van der Waals surface area contributed by atoms with Gasteiger partial charge in [-0.1, -0.05) is 35.4 Å². The van der Waals surface area contributed by atoms with E-state index in [0.717, 1.165) is 0 Å². The topological polar surface area (TPSA) is 52.6 Å². The lowest BCUT2D eigenvalue weighted by molar-refractivity contribution is 0.0708. The number of allylic oxidation sites excluding steroid dienone is 2. The molecule has 22 heavy (non-hydrogen) atoms. The highest BCUT2D eigenvalue weighted by Gasteiger charge is 2.31. The Morgan fingerprint density at radius 1 is 0.864 bits per heavy atom. The first-order valence-electron chi connectivity index (χ1n) is 5.84. The fourth-order valence-electron chi connectivity index (χ4n) is 2.01. The highest BCUT2D eigenvalue weighted by Crippen LogP contribution is 2.38. The standard InChI is InChI=1S/C14H10Cl4O4/c1-3-5-7-8(6-4-2)11(15)12(16)10(14(20)22-18)9(7)13(19)21-17/h3-4H,1-2,5-6H2. The number of rotatable bonds is 6. The predicted octanol–water partition coefficient (Wildman–Crippen LogP) is 5.07. The van der Waals surface area contributed by atoms with Crippen molar-refractivity contribution in [3.63, 3.8) is 0 Å². The Morgan fingerprint density at radius 3 is 1.77 bits per heavy atom. The summed E-state index contributed by atoms with van der Waals surface area (Å²) in [7, 11) is 0. The molecule has 0 heterocycles. The van der Waals surface area contributed by atoms with Crippen molar-refractivity contribution in [1.82, 2.24) is 0 Å². The molecule has 4 nitrogen and oxygen atoms in total. The van der Waals surface area contributed by atoms with E-state index in [0.29, 0.717) is 17.5 Å². The summed E-state index contributed by atoms with van der Waals surface area (Å²) in [6.45, 7) is 7.21. The van der Waals surface area contributed by atoms with Crippen molar-refractivity contribution in [3.05, 3.63) is 57.6 Å². The Morgan fingerprint density at radius 2 is 1.32 bits per heavy atom. The van der Waals surface area contributed by atoms with Gasteiger partial charge in [0.15, 0.2) is 0 Å². The van der Waals surface area contributed by atoms with Gasteiger partial charge in [0.05, 0.1) is 21.2 Å². The van der Waals surface area contributed by atoms with Crippen LogP contribution in [-0.4, -0.2) is 11.9 Å². The Bertz CT molecular complexity index is 640. The molecule has 1 rings (SSSR count). The van der Waals surface area contributed by atoms with Crippen LogP contribution in [0.3, 0.4) is 0 Å². The Labute approximate surface area is 147 Å². The van der Waals surface area contributed by atoms with Gasteiger partial charge in [0, 0.05) is 0 Å². The van der Waals surface area contributed by atoms with Gasteiger partial charge in [-0.3, -0.25) is 0 Å². The second kappa shape index (κ2) is 8.44. The van der Waals surface area contributed by atoms with E-state index in [2.05, 4.69) is 21.7 Å². The number of carbonyl (C=O) groups is 2. The lowest BCUT2D eigenvalue weighted by atomic mass is 9.91. The Hall–Kier alpha value is -1.20. The molecule has 0 unspecified atom stereocenters. The molecule has 0 N–H and O–H groups in total. The minimum Gasteiger partial charge on any atom is -0.343 e. The van der Waals surface area contributed by atoms with Crippen LogP contribution in [0, 0.1) is 0 Å². The first-order chi connectivity index (χ1) is 10.4. The van der Waals surface area contributed by atoms with E-state index >= 15 is 0 Å². The monoisotopic (exact) mass is 382 g/mol. The molecule has 0 aromatic heterocycles. The summed E-state index contributed by atoms with van der Waals surface area (Å²) < 4.78 is 8.34. The smallest absolute Gasteiger partial charge is 0.343 e. The highest BCUT2D eigenvalue weighted by molar-refractivity contribution is 6.45. The van der Waals surface area contributed by atoms with E-state index in [1.165, 1.54) is 6.08 Å². The van der Waals surface area contributed by atoms with Crippen molar-refractivity contribution >= 4 is 58.9 Å². The van der Waals surface area contributed by atoms with Gasteiger partial charge in [-0.15, -0.1) is 13.2 Å². The molecule has 0 aliphatic heterocycles. The van der Waals surface area contributed by atoms with Crippen molar-refractivity contribution in [2.24, 2.45) is 0 Å². The van der Waals surface area contributed by atoms with Gasteiger partial charge in [0.25, 0.3) is 0 Å². The van der Waals surface area contributed by atoms with Crippen LogP contribution in [0.15, 0.2) is 25.3 Å². The van der Waals surface area contributed by atoms with Gasteiger partial charge >= 0.3 is 11.9 Å². The molecular weight excluding hydrogens is 374 g/mol. The molecule has 0 aliphatic rings. The molecule has 0 saturated heterocycles. The molecule has 0 amide bonds. The third-order valence-electron chi connectivity index (χ3n) is 2.84. The molecule has 0 fully saturated rings. The van der Waals surface area contributed by atoms with Gasteiger partial charge in [-0.25, -0.2) is 9.59 Å². The van der Waals surface area contributed by atoms with Crippen molar-refractivity contribution in [2.75, 3.05) is 0 Å². The van der Waals surface area contributed by atoms with E-state index in [1.54, 1.807) is 6.08 Å². The number of hydrogen-bond donors (Lipinski definition) is 0. The van der Waals surface area contributed by atoms with Crippen LogP contribution in [0.5, 0.6) is 0 Å². The van der Waals surface area contributed by atoms with Crippen LogP contribution in [-0.2, 0) is 21.4 Å². The third kappa shape index (κ3) is 3.58. The van der Waals surface area contributed by atoms with E-state index < -0.39 is 11.9 Å². The molecular formula is C14H10Cl4O4. The average Bonchev–Trinajstić information content (AvgIpc) is 2.52. The summed E-state index contributed by atoms with van der Waals surface area (Å²) in [5.41, 5.74) is 0.389. The Balaban J connectivity index is 3.92. The quantitative estimate of drug-likeness (QED) is 0.643. The SMILES string of the molecule is C=CCc1c(Cl)c(Cl)c(C(=O)OCl)c(C(=O)OCl)c1CC=C. The molecule has 0 bridgehead atoms. The maximum absolute atomic E-state index is 12.0. The zero-order chi connectivity index (χ0) is 16.9. The average molecular weight is 384 g/mol. The summed E-state index contributed by atoms with van der Waals surface area (Å²) in [4.78, 5) is 23.9. The van der Waals surface area contributed by atoms with Crippen molar-refractivity contribution < 1.29 is 18.2 Å². The third-order valence-corrected chi connectivity index (χ3v) is 4.01. The van der Waals surface area contributed by atoms with Gasteiger partial charge < -0.3 is 8.58 Å². The van der Waals surface area contributed by atoms with E-state index in [-0.39, 0.29) is 27.6 Å². The number of benzene rings is 1. The normalized spacial score (nSPS) is 10.0. The Kier molecular flexibility index (Phi) is 7.23. The molecule has 0 spiro atoms. The lowest BCUT2D eigenvalue weighted by Crippen LogP contribution is -2.16. The predicted molar refractivity (Wildman–Crippen MR) is 86.8 cm³/mol. The van der Waals surface area contributed by atoms with Gasteiger partial charge in [-0.2, -0.15) is 0 Å². The summed E-state index contributed by atoms with van der Waals surface area (Å²) >= 11 is 22.5. The fraction of sp³-hybridized carbons (Fsp3) is 0.143. The van der Waals surface area contributed by atoms with E-state index in [1.807, 2.05) is 0 Å². The molecule has 118 valence electrons. The van der Waals surface area contributed by atoms with Crippen LogP contribution >= 0.6 is 46.9 Å². The van der Waals surface area contributed by atoms with Crippen molar-refractivity contribution in [3.8, 4) is 0 Å². The first-order valence-corrected chi connectivity index (χ1v) is 7.22. The maximum atomic E-state index is 12.0. The number of halogens is 4. The fourth-order valence-corrected chi connectivity index (χ4v) is 2.73. The van der Waals surface area contributed by atoms with Crippen molar-refractivity contribution in [2.45, 2.75) is 12.8 Å².